The minimum absolute atomic E-state index is 0.0798. The van der Waals surface area contributed by atoms with Gasteiger partial charge in [-0.1, -0.05) is 0 Å². The van der Waals surface area contributed by atoms with E-state index in [2.05, 4.69) is 10.4 Å². The molecule has 19 heavy (non-hydrogen) atoms. The lowest BCUT2D eigenvalue weighted by Gasteiger charge is -2.02. The normalized spacial score (nSPS) is 14.8. The monoisotopic (exact) mass is 260 g/mol. The van der Waals surface area contributed by atoms with Crippen molar-refractivity contribution >= 4 is 0 Å². The van der Waals surface area contributed by atoms with Gasteiger partial charge in [0.05, 0.1) is 12.8 Å². The Labute approximate surface area is 110 Å². The zero-order chi connectivity index (χ0) is 13.2. The van der Waals surface area contributed by atoms with Crippen LogP contribution in [0.5, 0.6) is 5.75 Å². The van der Waals surface area contributed by atoms with Crippen molar-refractivity contribution in [2.24, 2.45) is 0 Å². The molecule has 1 aromatic heterocycles. The first kappa shape index (κ1) is 12.0. The van der Waals surface area contributed by atoms with Gasteiger partial charge in [-0.05, 0) is 24.3 Å². The van der Waals surface area contributed by atoms with Crippen LogP contribution in [-0.4, -0.2) is 34.5 Å². The zero-order valence-electron chi connectivity index (χ0n) is 10.8. The third-order valence-electron chi connectivity index (χ3n) is 3.29. The minimum Gasteiger partial charge on any atom is -0.497 e. The molecule has 2 heterocycles. The Morgan fingerprint density at radius 2 is 2.05 bits per heavy atom. The molecule has 1 N–H and O–H groups in total. The largest absolute Gasteiger partial charge is 0.497 e. The van der Waals surface area contributed by atoms with Crippen molar-refractivity contribution in [2.75, 3.05) is 20.2 Å². The fraction of sp³-hybridized carbons (Fsp3) is 0.385. The summed E-state index contributed by atoms with van der Waals surface area (Å²) in [6, 6.07) is 7.33. The Hall–Kier alpha value is -2.08. The summed E-state index contributed by atoms with van der Waals surface area (Å²) in [6.07, 6.45) is 0.776. The highest BCUT2D eigenvalue weighted by atomic mass is 16.5. The van der Waals surface area contributed by atoms with E-state index in [1.165, 1.54) is 4.68 Å². The average molecular weight is 260 g/mol. The Bertz CT molecular complexity index is 627. The maximum absolute atomic E-state index is 12.3. The summed E-state index contributed by atoms with van der Waals surface area (Å²) < 4.78 is 8.31. The van der Waals surface area contributed by atoms with Gasteiger partial charge in [0.25, 0.3) is 0 Å². The van der Waals surface area contributed by atoms with Crippen molar-refractivity contribution < 1.29 is 4.74 Å². The molecule has 0 aliphatic carbocycles. The van der Waals surface area contributed by atoms with Crippen molar-refractivity contribution in [3.05, 3.63) is 40.6 Å². The molecule has 3 rings (SSSR count). The maximum atomic E-state index is 12.3. The number of hydrogen-bond acceptors (Lipinski definition) is 4. The van der Waals surface area contributed by atoms with Crippen molar-refractivity contribution in [1.82, 2.24) is 19.7 Å². The third-order valence-corrected chi connectivity index (χ3v) is 3.29. The number of nitrogens with one attached hydrogen (secondary N) is 1. The molecule has 0 bridgehead atoms. The number of nitrogens with zero attached hydrogens (tertiary/aromatic N) is 3. The van der Waals surface area contributed by atoms with Gasteiger partial charge < -0.3 is 10.1 Å². The highest BCUT2D eigenvalue weighted by molar-refractivity contribution is 5.36. The molecule has 0 atom stereocenters. The number of methoxy groups -OCH3 is 1. The van der Waals surface area contributed by atoms with Gasteiger partial charge in [0.15, 0.2) is 0 Å². The van der Waals surface area contributed by atoms with E-state index < -0.39 is 0 Å². The molecule has 6 nitrogen and oxygen atoms in total. The van der Waals surface area contributed by atoms with Crippen LogP contribution in [0.15, 0.2) is 29.1 Å². The van der Waals surface area contributed by atoms with E-state index in [4.69, 9.17) is 4.74 Å². The van der Waals surface area contributed by atoms with E-state index in [1.54, 1.807) is 11.7 Å². The highest BCUT2D eigenvalue weighted by Crippen LogP contribution is 2.13. The molecule has 2 aromatic rings. The summed E-state index contributed by atoms with van der Waals surface area (Å²) in [6.45, 7) is 2.34. The van der Waals surface area contributed by atoms with Crippen molar-refractivity contribution in [3.63, 3.8) is 0 Å². The molecule has 1 aliphatic rings. The van der Waals surface area contributed by atoms with Crippen molar-refractivity contribution in [2.45, 2.75) is 13.0 Å². The molecule has 0 radical (unpaired) electrons. The highest BCUT2D eigenvalue weighted by Gasteiger charge is 2.16. The van der Waals surface area contributed by atoms with E-state index in [0.717, 1.165) is 36.8 Å². The number of fused-ring (bicyclic) bond motifs is 1. The van der Waals surface area contributed by atoms with Crippen LogP contribution < -0.4 is 15.7 Å². The lowest BCUT2D eigenvalue weighted by Crippen LogP contribution is -2.27. The molecule has 1 aliphatic heterocycles. The molecule has 0 saturated carbocycles. The van der Waals surface area contributed by atoms with Gasteiger partial charge in [-0.3, -0.25) is 4.57 Å². The van der Waals surface area contributed by atoms with Crippen molar-refractivity contribution in [3.8, 4) is 11.4 Å². The van der Waals surface area contributed by atoms with Gasteiger partial charge in [-0.25, -0.2) is 4.79 Å². The van der Waals surface area contributed by atoms with E-state index in [9.17, 15) is 4.79 Å². The second-order valence-electron chi connectivity index (χ2n) is 4.46. The fourth-order valence-corrected chi connectivity index (χ4v) is 2.25. The predicted octanol–water partition coefficient (Wildman–Crippen LogP) is 0.188. The van der Waals surface area contributed by atoms with Crippen LogP contribution in [0.1, 0.15) is 5.82 Å². The molecule has 1 aromatic carbocycles. The summed E-state index contributed by atoms with van der Waals surface area (Å²) in [4.78, 5) is 12.3. The number of hydrogen-bond donors (Lipinski definition) is 1. The molecular weight excluding hydrogens is 244 g/mol. The first-order valence-corrected chi connectivity index (χ1v) is 6.33. The second kappa shape index (κ2) is 4.89. The standard InChI is InChI=1S/C13H16N4O2/c1-19-11-4-2-10(3-5-11)17-13(18)16-9-8-14-7-6-12(16)15-17/h2-5,14H,6-9H2,1H3. The number of aromatic nitrogens is 3. The Balaban J connectivity index is 2.03. The summed E-state index contributed by atoms with van der Waals surface area (Å²) in [7, 11) is 1.62. The van der Waals surface area contributed by atoms with Gasteiger partial charge in [-0.15, -0.1) is 5.10 Å². The first-order valence-electron chi connectivity index (χ1n) is 6.33. The van der Waals surface area contributed by atoms with Gasteiger partial charge in [0.2, 0.25) is 0 Å². The lowest BCUT2D eigenvalue weighted by atomic mass is 10.3. The second-order valence-corrected chi connectivity index (χ2v) is 4.46. The minimum atomic E-state index is -0.0798. The van der Waals surface area contributed by atoms with Gasteiger partial charge in [-0.2, -0.15) is 4.68 Å². The van der Waals surface area contributed by atoms with Crippen LogP contribution >= 0.6 is 0 Å². The molecule has 100 valence electrons. The fourth-order valence-electron chi connectivity index (χ4n) is 2.25. The summed E-state index contributed by atoms with van der Waals surface area (Å²) in [5.74, 6) is 1.60. The van der Waals surface area contributed by atoms with Gasteiger partial charge in [0.1, 0.15) is 11.6 Å². The smallest absolute Gasteiger partial charge is 0.350 e. The SMILES string of the molecule is COc1ccc(-n2nc3n(c2=O)CCNCC3)cc1. The van der Waals surface area contributed by atoms with Crippen LogP contribution in [0.2, 0.25) is 0 Å². The molecule has 6 heteroatoms. The lowest BCUT2D eigenvalue weighted by molar-refractivity contribution is 0.414. The Kier molecular flexibility index (Phi) is 3.08. The van der Waals surface area contributed by atoms with Crippen LogP contribution in [-0.2, 0) is 13.0 Å². The number of benzene rings is 1. The van der Waals surface area contributed by atoms with Gasteiger partial charge >= 0.3 is 5.69 Å². The first-order chi connectivity index (χ1) is 9.29. The molecule has 0 amide bonds. The van der Waals surface area contributed by atoms with Gasteiger partial charge in [0, 0.05) is 26.1 Å². The van der Waals surface area contributed by atoms with E-state index in [1.807, 2.05) is 24.3 Å². The van der Waals surface area contributed by atoms with Crippen LogP contribution in [0.4, 0.5) is 0 Å². The Morgan fingerprint density at radius 1 is 1.26 bits per heavy atom. The topological polar surface area (TPSA) is 61.1 Å². The Morgan fingerprint density at radius 3 is 2.79 bits per heavy atom. The molecular formula is C13H16N4O2. The summed E-state index contributed by atoms with van der Waals surface area (Å²) in [5, 5.41) is 7.68. The molecule has 0 fully saturated rings. The summed E-state index contributed by atoms with van der Waals surface area (Å²) in [5.41, 5.74) is 0.684. The summed E-state index contributed by atoms with van der Waals surface area (Å²) >= 11 is 0. The average Bonchev–Trinajstić information content (AvgIpc) is 2.64. The zero-order valence-corrected chi connectivity index (χ0v) is 10.8. The van der Waals surface area contributed by atoms with Crippen LogP contribution in [0, 0.1) is 0 Å². The molecule has 0 spiro atoms. The van der Waals surface area contributed by atoms with Crippen LogP contribution in [0.3, 0.4) is 0 Å². The molecule has 0 unspecified atom stereocenters. The van der Waals surface area contributed by atoms with E-state index in [-0.39, 0.29) is 5.69 Å². The quantitative estimate of drug-likeness (QED) is 0.837. The number of rotatable bonds is 2. The molecule has 0 saturated heterocycles. The van der Waals surface area contributed by atoms with E-state index >= 15 is 0 Å². The number of ether oxygens (including phenoxy) is 1. The maximum Gasteiger partial charge on any atom is 0.350 e. The predicted molar refractivity (Wildman–Crippen MR) is 70.9 cm³/mol. The van der Waals surface area contributed by atoms with Crippen LogP contribution in [0.25, 0.3) is 5.69 Å². The third kappa shape index (κ3) is 2.15. The van der Waals surface area contributed by atoms with E-state index in [0.29, 0.717) is 6.54 Å². The van der Waals surface area contributed by atoms with Crippen molar-refractivity contribution in [1.29, 1.82) is 0 Å².